The Morgan fingerprint density at radius 2 is 1.82 bits per heavy atom. The van der Waals surface area contributed by atoms with Crippen molar-refractivity contribution in [2.24, 2.45) is 5.92 Å². The first-order chi connectivity index (χ1) is 18.3. The van der Waals surface area contributed by atoms with Crippen molar-refractivity contribution in [1.82, 2.24) is 9.80 Å². The number of hydrogen-bond donors (Lipinski definition) is 1. The third kappa shape index (κ3) is 7.69. The number of carbonyl (C=O) groups is 3. The van der Waals surface area contributed by atoms with E-state index in [0.717, 1.165) is 0 Å². The summed E-state index contributed by atoms with van der Waals surface area (Å²) < 4.78 is 63.8. The van der Waals surface area contributed by atoms with E-state index in [9.17, 15) is 31.9 Å². The summed E-state index contributed by atoms with van der Waals surface area (Å²) in [5, 5.41) is 2.15. The van der Waals surface area contributed by atoms with Gasteiger partial charge < -0.3 is 24.6 Å². The van der Waals surface area contributed by atoms with E-state index in [2.05, 4.69) is 5.32 Å². The number of hydrogen-bond acceptors (Lipinski definition) is 5. The van der Waals surface area contributed by atoms with Gasteiger partial charge in [0.25, 0.3) is 11.8 Å². The molecule has 8 nitrogen and oxygen atoms in total. The van der Waals surface area contributed by atoms with Gasteiger partial charge >= 0.3 is 6.18 Å². The number of anilines is 1. The minimum Gasteiger partial charge on any atom is -0.491 e. The molecule has 0 fully saturated rings. The number of carbonyl (C=O) groups excluding carboxylic acids is 3. The Kier molecular flexibility index (Phi) is 9.54. The molecule has 1 N–H and O–H groups in total. The van der Waals surface area contributed by atoms with Crippen LogP contribution in [0.4, 0.5) is 23.2 Å². The third-order valence-corrected chi connectivity index (χ3v) is 6.45. The number of halogens is 4. The summed E-state index contributed by atoms with van der Waals surface area (Å²) in [6, 6.07) is 9.01. The predicted molar refractivity (Wildman–Crippen MR) is 135 cm³/mol. The van der Waals surface area contributed by atoms with E-state index in [1.165, 1.54) is 60.4 Å². The number of rotatable bonds is 4. The lowest BCUT2D eigenvalue weighted by Crippen LogP contribution is -2.48. The molecule has 0 bridgehead atoms. The molecule has 0 spiro atoms. The maximum Gasteiger partial charge on any atom is 0.397 e. The second-order valence-electron chi connectivity index (χ2n) is 9.59. The minimum atomic E-state index is -4.69. The van der Waals surface area contributed by atoms with Crippen LogP contribution in [0.3, 0.4) is 0 Å². The van der Waals surface area contributed by atoms with Crippen LogP contribution in [0, 0.1) is 11.7 Å². The van der Waals surface area contributed by atoms with Crippen molar-refractivity contribution in [3.05, 3.63) is 59.4 Å². The number of ether oxygens (including phenoxy) is 2. The molecule has 39 heavy (non-hydrogen) atoms. The number of amides is 3. The minimum absolute atomic E-state index is 0.00423. The van der Waals surface area contributed by atoms with E-state index in [1.54, 1.807) is 13.0 Å². The zero-order valence-electron chi connectivity index (χ0n) is 22.0. The molecule has 1 heterocycles. The van der Waals surface area contributed by atoms with Crippen molar-refractivity contribution in [3.63, 3.8) is 0 Å². The molecule has 3 rings (SSSR count). The molecule has 0 saturated heterocycles. The van der Waals surface area contributed by atoms with Gasteiger partial charge in [-0.15, -0.1) is 0 Å². The molecule has 0 aromatic heterocycles. The van der Waals surface area contributed by atoms with E-state index in [-0.39, 0.29) is 48.2 Å². The van der Waals surface area contributed by atoms with Gasteiger partial charge in [0.2, 0.25) is 5.91 Å². The molecule has 1 aliphatic heterocycles. The van der Waals surface area contributed by atoms with Gasteiger partial charge in [-0.3, -0.25) is 14.4 Å². The lowest BCUT2D eigenvalue weighted by atomic mass is 10.0. The Labute approximate surface area is 223 Å². The zero-order chi connectivity index (χ0) is 28.9. The standard InChI is InChI=1S/C27H31F4N3O5/c1-16-13-34(26(37)19-7-5-6-8-21(19)28)17(2)15-39-22-10-9-18(32-24(35)12-27(29,30)31)11-20(22)25(36)33(3)14-23(16)38-4/h5-11,16-17,23H,12-15H2,1-4H3,(H,32,35)/t16-,17+,23+/m1/s1. The Hall–Kier alpha value is -3.67. The highest BCUT2D eigenvalue weighted by Crippen LogP contribution is 2.28. The van der Waals surface area contributed by atoms with E-state index in [0.29, 0.717) is 0 Å². The van der Waals surface area contributed by atoms with Crippen LogP contribution in [-0.4, -0.2) is 79.7 Å². The molecular weight excluding hydrogens is 522 g/mol. The van der Waals surface area contributed by atoms with Gasteiger partial charge in [-0.05, 0) is 37.3 Å². The first-order valence-corrected chi connectivity index (χ1v) is 12.3. The highest BCUT2D eigenvalue weighted by Gasteiger charge is 2.33. The van der Waals surface area contributed by atoms with Crippen molar-refractivity contribution in [2.75, 3.05) is 39.2 Å². The maximum atomic E-state index is 14.5. The highest BCUT2D eigenvalue weighted by molar-refractivity contribution is 5.99. The summed E-state index contributed by atoms with van der Waals surface area (Å²) >= 11 is 0. The normalized spacial score (nSPS) is 20.8. The molecule has 0 aliphatic carbocycles. The second kappa shape index (κ2) is 12.5. The van der Waals surface area contributed by atoms with E-state index in [1.807, 2.05) is 6.92 Å². The molecule has 3 atom stereocenters. The summed E-state index contributed by atoms with van der Waals surface area (Å²) in [5.74, 6) is -3.15. The molecular formula is C27H31F4N3O5. The highest BCUT2D eigenvalue weighted by atomic mass is 19.4. The summed E-state index contributed by atoms with van der Waals surface area (Å²) in [6.45, 7) is 3.79. The first-order valence-electron chi connectivity index (χ1n) is 12.3. The van der Waals surface area contributed by atoms with Gasteiger partial charge in [-0.1, -0.05) is 19.1 Å². The second-order valence-corrected chi connectivity index (χ2v) is 9.59. The molecule has 0 radical (unpaired) electrons. The smallest absolute Gasteiger partial charge is 0.397 e. The average Bonchev–Trinajstić information content (AvgIpc) is 2.86. The molecule has 2 aromatic rings. The fourth-order valence-electron chi connectivity index (χ4n) is 4.31. The van der Waals surface area contributed by atoms with Gasteiger partial charge in [0, 0.05) is 38.9 Å². The topological polar surface area (TPSA) is 88.2 Å². The number of fused-ring (bicyclic) bond motifs is 1. The fraction of sp³-hybridized carbons (Fsp3) is 0.444. The van der Waals surface area contributed by atoms with Crippen LogP contribution < -0.4 is 10.1 Å². The van der Waals surface area contributed by atoms with Gasteiger partial charge in [0.15, 0.2) is 0 Å². The van der Waals surface area contributed by atoms with Gasteiger partial charge in [-0.2, -0.15) is 13.2 Å². The van der Waals surface area contributed by atoms with E-state index >= 15 is 0 Å². The number of benzene rings is 2. The van der Waals surface area contributed by atoms with Crippen molar-refractivity contribution in [2.45, 2.75) is 38.6 Å². The number of alkyl halides is 3. The van der Waals surface area contributed by atoms with Crippen LogP contribution in [0.25, 0.3) is 0 Å². The van der Waals surface area contributed by atoms with Gasteiger partial charge in [0.05, 0.1) is 23.3 Å². The van der Waals surface area contributed by atoms with Crippen LogP contribution in [0.15, 0.2) is 42.5 Å². The maximum absolute atomic E-state index is 14.5. The molecule has 3 amide bonds. The fourth-order valence-corrected chi connectivity index (χ4v) is 4.31. The number of likely N-dealkylation sites (N-methyl/N-ethyl adjacent to an activating group) is 1. The monoisotopic (exact) mass is 553 g/mol. The van der Waals surface area contributed by atoms with Crippen molar-refractivity contribution >= 4 is 23.4 Å². The Morgan fingerprint density at radius 1 is 1.13 bits per heavy atom. The van der Waals surface area contributed by atoms with E-state index < -0.39 is 48.3 Å². The number of nitrogens with zero attached hydrogens (tertiary/aromatic N) is 2. The Bertz CT molecular complexity index is 1210. The van der Waals surface area contributed by atoms with Gasteiger partial charge in [-0.25, -0.2) is 4.39 Å². The number of methoxy groups -OCH3 is 1. The molecule has 0 unspecified atom stereocenters. The summed E-state index contributed by atoms with van der Waals surface area (Å²) in [7, 11) is 3.00. The number of nitrogens with one attached hydrogen (secondary N) is 1. The molecule has 2 aromatic carbocycles. The Balaban J connectivity index is 1.97. The van der Waals surface area contributed by atoms with Gasteiger partial charge in [0.1, 0.15) is 24.6 Å². The quantitative estimate of drug-likeness (QED) is 0.569. The average molecular weight is 554 g/mol. The summed E-state index contributed by atoms with van der Waals surface area (Å²) in [6.07, 6.45) is -6.88. The van der Waals surface area contributed by atoms with Crippen LogP contribution >= 0.6 is 0 Å². The van der Waals surface area contributed by atoms with Crippen LogP contribution in [-0.2, 0) is 9.53 Å². The third-order valence-electron chi connectivity index (χ3n) is 6.45. The molecule has 12 heteroatoms. The largest absolute Gasteiger partial charge is 0.491 e. The first kappa shape index (κ1) is 29.9. The Morgan fingerprint density at radius 3 is 2.46 bits per heavy atom. The van der Waals surface area contributed by atoms with Crippen molar-refractivity contribution in [1.29, 1.82) is 0 Å². The van der Waals surface area contributed by atoms with Crippen molar-refractivity contribution < 1.29 is 41.4 Å². The summed E-state index contributed by atoms with van der Waals surface area (Å²) in [5.41, 5.74) is -0.101. The van der Waals surface area contributed by atoms with Crippen molar-refractivity contribution in [3.8, 4) is 5.75 Å². The van der Waals surface area contributed by atoms with Crippen LogP contribution in [0.5, 0.6) is 5.75 Å². The van der Waals surface area contributed by atoms with E-state index in [4.69, 9.17) is 9.47 Å². The zero-order valence-corrected chi connectivity index (χ0v) is 22.0. The SMILES string of the molecule is CO[C@H]1CN(C)C(=O)c2cc(NC(=O)CC(F)(F)F)ccc2OC[C@H](C)N(C(=O)c2ccccc2F)C[C@H]1C. The molecule has 212 valence electrons. The van der Waals surface area contributed by atoms with Crippen LogP contribution in [0.2, 0.25) is 0 Å². The lowest BCUT2D eigenvalue weighted by molar-refractivity contribution is -0.150. The lowest BCUT2D eigenvalue weighted by Gasteiger charge is -2.36. The molecule has 1 aliphatic rings. The predicted octanol–water partition coefficient (Wildman–Crippen LogP) is 4.36. The van der Waals surface area contributed by atoms with Crippen LogP contribution in [0.1, 0.15) is 41.0 Å². The summed E-state index contributed by atoms with van der Waals surface area (Å²) in [4.78, 5) is 41.4. The molecule has 0 saturated carbocycles.